The smallest absolute Gasteiger partial charge is 0.250 e. The number of benzene rings is 10. The lowest BCUT2D eigenvalue weighted by molar-refractivity contribution is 0.1000. The standard InChI is InChI=1S/C30H24N6O.C28H24N6O2.C27H21N7O2.C23H15N7O/c1-18-14-22(26-16-21-6-4-5-7-24(21)33-26)15-19(2)28(18)37-29-27-25(12-13-36(27)3)34-30(35-29)32-23-10-8-20(17-31)9-11-23;1-17-11-20(21-13-23(35-4)16-30-15-21)12-18(2)26(17)36-27-25-24(9-10-34(25)3)32-28(33-27)31-22-7-5-19(14-29)6-8-22;1-15-11-20(18-5-7-19(8-6-18)24(29)35)12-16(2)23(15)36-26-22-25(31-14-30-22)33-27(34-26)32-21-9-3-17(13-28)4-10-21;24-13-15-1-5-18(6-2-15)28-23-29-21-20(26-14-27-21)22(30-23)31-19-7-3-16(4-8-19)17-9-11-25-12-10-17/h4-16,33H,1-3H3,(H,32,34,35);5-13,15-16H,1-4H3,(H,31,32,33);3-12,14H,1-2H3,(H2,29,35)(H2,30,31,32,33,34);1-12,14H,(H2,26,27,28,29,30). The Morgan fingerprint density at radius 3 is 1.19 bits per heavy atom. The average Bonchev–Trinajstić information content (AvgIpc) is 1.56. The molecule has 0 unspecified atom stereocenters. The van der Waals surface area contributed by atoms with Crippen molar-refractivity contribution in [3.63, 3.8) is 0 Å². The van der Waals surface area contributed by atoms with Gasteiger partial charge in [0.25, 0.3) is 11.8 Å². The Hall–Kier alpha value is -20.0. The number of imidazole rings is 2. The summed E-state index contributed by atoms with van der Waals surface area (Å²) in [6, 6.07) is 84.2. The predicted octanol–water partition coefficient (Wildman–Crippen LogP) is 23.2. The van der Waals surface area contributed by atoms with Crippen LogP contribution in [0.4, 0.5) is 46.5 Å². The maximum atomic E-state index is 11.4. The van der Waals surface area contributed by atoms with Gasteiger partial charge in [-0.3, -0.25) is 14.8 Å². The van der Waals surface area contributed by atoms with E-state index >= 15 is 0 Å². The van der Waals surface area contributed by atoms with E-state index in [1.165, 1.54) is 11.7 Å². The minimum absolute atomic E-state index is 0.316. The van der Waals surface area contributed by atoms with Crippen LogP contribution >= 0.6 is 0 Å². The number of para-hydroxylation sites is 1. The van der Waals surface area contributed by atoms with Crippen molar-refractivity contribution in [2.75, 3.05) is 28.4 Å². The predicted molar refractivity (Wildman–Crippen MR) is 537 cm³/mol. The molecule has 140 heavy (non-hydrogen) atoms. The van der Waals surface area contributed by atoms with Crippen LogP contribution in [-0.2, 0) is 14.1 Å². The number of fused-ring (bicyclic) bond motifs is 5. The first-order valence-corrected chi connectivity index (χ1v) is 43.8. The lowest BCUT2D eigenvalue weighted by Gasteiger charge is -2.15. The summed E-state index contributed by atoms with van der Waals surface area (Å²) in [6.07, 6.45) is 14.0. The average molecular weight is 1840 g/mol. The van der Waals surface area contributed by atoms with Crippen LogP contribution in [0.5, 0.6) is 52.3 Å². The highest BCUT2D eigenvalue weighted by Crippen LogP contribution is 2.42. The number of carbonyl (C=O) groups excluding carboxylic acids is 1. The van der Waals surface area contributed by atoms with Gasteiger partial charge in [-0.05, 0) is 308 Å². The van der Waals surface area contributed by atoms with Crippen LogP contribution in [0.3, 0.4) is 0 Å². The summed E-state index contributed by atoms with van der Waals surface area (Å²) in [6.45, 7) is 12.1. The SMILES string of the molecule is COc1cncc(-c2cc(C)c(Oc3nc(Nc4ccc(C#N)cc4)nc4ccn(C)c34)c(C)c2)c1.Cc1cc(-c2cc3ccccc3[nH]2)cc(C)c1Oc1nc(Nc2ccc(C#N)cc2)nc2ccn(C)c12.Cc1cc(-c2ccc(C(N)=O)cc2)cc(C)c1Oc1nc(Nc2ccc(C#N)cc2)nc2nc[nH]c12.N#Cc1ccc(Nc2nc(Oc3ccc(-c4ccncc4)cc3)c3[nH]cnc3n2)cc1. The molecular weight excluding hydrogens is 1760 g/mol. The van der Waals surface area contributed by atoms with Gasteiger partial charge in [0.2, 0.25) is 41.5 Å². The molecule has 682 valence electrons. The third kappa shape index (κ3) is 20.5. The molecule has 11 heterocycles. The summed E-state index contributed by atoms with van der Waals surface area (Å²) in [5.41, 5.74) is 31.6. The number of primary amides is 1. The lowest BCUT2D eigenvalue weighted by Crippen LogP contribution is -2.10. The van der Waals surface area contributed by atoms with E-state index in [0.717, 1.165) is 140 Å². The number of methoxy groups -OCH3 is 1. The van der Waals surface area contributed by atoms with Crippen LogP contribution in [0.15, 0.2) is 292 Å². The number of aromatic amines is 3. The Morgan fingerprint density at radius 2 is 0.764 bits per heavy atom. The van der Waals surface area contributed by atoms with Crippen LogP contribution in [0.1, 0.15) is 66.0 Å². The summed E-state index contributed by atoms with van der Waals surface area (Å²) in [7, 11) is 5.51. The number of aromatic nitrogens is 17. The number of hydrogen-bond donors (Lipinski definition) is 8. The highest BCUT2D eigenvalue weighted by molar-refractivity contribution is 5.94. The Balaban J connectivity index is 0.000000124. The number of carbonyl (C=O) groups is 1. The van der Waals surface area contributed by atoms with Crippen LogP contribution < -0.4 is 50.7 Å². The number of nitriles is 4. The zero-order chi connectivity index (χ0) is 97.0. The lowest BCUT2D eigenvalue weighted by atomic mass is 9.99. The van der Waals surface area contributed by atoms with E-state index < -0.39 is 5.91 Å². The zero-order valence-corrected chi connectivity index (χ0v) is 76.8. The van der Waals surface area contributed by atoms with Gasteiger partial charge in [0.15, 0.2) is 11.3 Å². The Morgan fingerprint density at radius 1 is 0.379 bits per heavy atom. The second-order valence-corrected chi connectivity index (χ2v) is 32.5. The number of nitrogens with zero attached hydrogens (tertiary/aromatic N) is 18. The topological polar surface area (TPSA) is 444 Å². The van der Waals surface area contributed by atoms with E-state index in [0.29, 0.717) is 115 Å². The van der Waals surface area contributed by atoms with Crippen LogP contribution in [-0.4, -0.2) is 96.9 Å². The van der Waals surface area contributed by atoms with E-state index in [9.17, 15) is 4.79 Å². The van der Waals surface area contributed by atoms with E-state index in [1.54, 1.807) is 117 Å². The van der Waals surface area contributed by atoms with Gasteiger partial charge < -0.3 is 74.8 Å². The van der Waals surface area contributed by atoms with Crippen LogP contribution in [0.25, 0.3) is 99.9 Å². The summed E-state index contributed by atoms with van der Waals surface area (Å²) >= 11 is 0. The molecule has 0 radical (unpaired) electrons. The van der Waals surface area contributed by atoms with E-state index in [1.807, 2.05) is 199 Å². The van der Waals surface area contributed by atoms with Crippen LogP contribution in [0.2, 0.25) is 0 Å². The maximum Gasteiger partial charge on any atom is 0.250 e. The van der Waals surface area contributed by atoms with Gasteiger partial charge in [-0.2, -0.15) is 51.0 Å². The number of rotatable bonds is 22. The summed E-state index contributed by atoms with van der Waals surface area (Å²) in [5, 5.41) is 49.9. The third-order valence-corrected chi connectivity index (χ3v) is 22.6. The van der Waals surface area contributed by atoms with Gasteiger partial charge in [0.05, 0.1) is 83.5 Å². The molecule has 0 saturated carbocycles. The first-order chi connectivity index (χ1) is 68.1. The molecule has 21 aromatic rings. The zero-order valence-electron chi connectivity index (χ0n) is 76.8. The number of hydrogen-bond acceptors (Lipinski definition) is 26. The van der Waals surface area contributed by atoms with E-state index in [4.69, 9.17) is 60.4 Å². The second-order valence-electron chi connectivity index (χ2n) is 32.5. The molecule has 0 aliphatic carbocycles. The first kappa shape index (κ1) is 90.5. The fraction of sp³-hybridized carbons (Fsp3) is 0.0833. The van der Waals surface area contributed by atoms with Crippen molar-refractivity contribution in [3.8, 4) is 121 Å². The van der Waals surface area contributed by atoms with Crippen molar-refractivity contribution in [2.45, 2.75) is 41.5 Å². The van der Waals surface area contributed by atoms with Gasteiger partial charge >= 0.3 is 0 Å². The molecule has 1 amide bonds. The fourth-order valence-electron chi connectivity index (χ4n) is 15.7. The number of ether oxygens (including phenoxy) is 5. The minimum Gasteiger partial charge on any atom is -0.495 e. The van der Waals surface area contributed by atoms with Gasteiger partial charge in [-0.1, -0.05) is 42.5 Å². The second kappa shape index (κ2) is 40.2. The largest absolute Gasteiger partial charge is 0.495 e. The molecule has 21 rings (SSSR count). The number of nitrogens with one attached hydrogen (secondary N) is 7. The van der Waals surface area contributed by atoms with Gasteiger partial charge in [-0.25, -0.2) is 19.9 Å². The van der Waals surface area contributed by atoms with Crippen molar-refractivity contribution in [1.29, 1.82) is 21.0 Å². The molecule has 11 aromatic heterocycles. The number of aryl methyl sites for hydroxylation is 8. The van der Waals surface area contributed by atoms with Gasteiger partial charge in [0, 0.05) is 95.6 Å². The Bertz CT molecular complexity index is 8300. The van der Waals surface area contributed by atoms with E-state index in [-0.39, 0.29) is 0 Å². The van der Waals surface area contributed by atoms with Crippen molar-refractivity contribution >= 4 is 108 Å². The molecule has 0 saturated heterocycles. The maximum absolute atomic E-state index is 11.4. The molecule has 10 aromatic carbocycles. The third-order valence-electron chi connectivity index (χ3n) is 22.6. The monoisotopic (exact) mass is 1840 g/mol. The van der Waals surface area contributed by atoms with Crippen molar-refractivity contribution in [3.05, 3.63) is 354 Å². The summed E-state index contributed by atoms with van der Waals surface area (Å²) in [5.74, 6) is 6.15. The van der Waals surface area contributed by atoms with Crippen molar-refractivity contribution < 1.29 is 28.5 Å². The summed E-state index contributed by atoms with van der Waals surface area (Å²) < 4.78 is 34.5. The quantitative estimate of drug-likeness (QED) is 0.0312. The van der Waals surface area contributed by atoms with Crippen LogP contribution in [0, 0.1) is 86.9 Å². The van der Waals surface area contributed by atoms with Gasteiger partial charge in [0.1, 0.15) is 50.8 Å². The molecule has 0 spiro atoms. The summed E-state index contributed by atoms with van der Waals surface area (Å²) in [4.78, 5) is 74.4. The normalized spacial score (nSPS) is 10.8. The molecule has 32 nitrogen and oxygen atoms in total. The minimum atomic E-state index is -0.458. The number of amides is 1. The number of anilines is 8. The molecule has 0 bridgehead atoms. The molecule has 0 aliphatic heterocycles. The molecule has 9 N–H and O–H groups in total. The molecule has 0 aliphatic rings. The highest BCUT2D eigenvalue weighted by atomic mass is 16.5. The highest BCUT2D eigenvalue weighted by Gasteiger charge is 2.24. The Kier molecular flexibility index (Phi) is 26.0. The number of nitrogens with two attached hydrogens (primary N) is 1. The van der Waals surface area contributed by atoms with Gasteiger partial charge in [-0.15, -0.1) is 0 Å². The molecule has 0 fully saturated rings. The molecule has 0 atom stereocenters. The number of pyridine rings is 2. The van der Waals surface area contributed by atoms with Crippen molar-refractivity contribution in [2.24, 2.45) is 19.8 Å². The first-order valence-electron chi connectivity index (χ1n) is 43.8. The molecule has 32 heteroatoms. The Labute approximate surface area is 801 Å². The number of H-pyrrole nitrogens is 3. The molecular formula is C108H84N26O6. The van der Waals surface area contributed by atoms with E-state index in [2.05, 4.69) is 153 Å². The van der Waals surface area contributed by atoms with Crippen molar-refractivity contribution in [1.82, 2.24) is 83.9 Å². The fourth-order valence-corrected chi connectivity index (χ4v) is 15.7.